The SMILES string of the molecule is C#Cc1ccc2c(c1)c(-c1cccnc1OC)c(C(=O)CS(C)(=O)=O)n2Cc1ccnc(C)c1. The molecule has 0 N–H and O–H groups in total. The normalized spacial score (nSPS) is 11.4. The maximum atomic E-state index is 13.5. The van der Waals surface area contributed by atoms with Gasteiger partial charge in [0.25, 0.3) is 0 Å². The molecule has 0 bridgehead atoms. The predicted octanol–water partition coefficient (Wildman–Crippen LogP) is 3.67. The van der Waals surface area contributed by atoms with Gasteiger partial charge in [0, 0.05) is 58.5 Å². The van der Waals surface area contributed by atoms with Gasteiger partial charge >= 0.3 is 0 Å². The second-order valence-electron chi connectivity index (χ2n) is 8.04. The minimum atomic E-state index is -3.58. The Morgan fingerprint density at radius 2 is 1.94 bits per heavy atom. The van der Waals surface area contributed by atoms with Gasteiger partial charge in [0.2, 0.25) is 5.88 Å². The molecule has 0 aliphatic heterocycles. The molecule has 3 heterocycles. The fraction of sp³-hybridized carbons (Fsp3) is 0.192. The third kappa shape index (κ3) is 4.56. The van der Waals surface area contributed by atoms with Crippen LogP contribution in [0.1, 0.15) is 27.3 Å². The van der Waals surface area contributed by atoms with Gasteiger partial charge in [-0.2, -0.15) is 0 Å². The predicted molar refractivity (Wildman–Crippen MR) is 132 cm³/mol. The molecule has 0 spiro atoms. The number of hydrogen-bond donors (Lipinski definition) is 0. The van der Waals surface area contributed by atoms with E-state index in [9.17, 15) is 13.2 Å². The van der Waals surface area contributed by atoms with E-state index in [0.717, 1.165) is 23.0 Å². The molecular formula is C26H23N3O4S. The molecule has 3 aromatic heterocycles. The zero-order valence-electron chi connectivity index (χ0n) is 19.1. The van der Waals surface area contributed by atoms with E-state index in [2.05, 4.69) is 15.9 Å². The van der Waals surface area contributed by atoms with Crippen LogP contribution in [0.15, 0.2) is 54.9 Å². The van der Waals surface area contributed by atoms with Crippen molar-refractivity contribution in [2.45, 2.75) is 13.5 Å². The van der Waals surface area contributed by atoms with Gasteiger partial charge in [-0.25, -0.2) is 13.4 Å². The van der Waals surface area contributed by atoms with E-state index in [0.29, 0.717) is 34.5 Å². The van der Waals surface area contributed by atoms with Crippen LogP contribution < -0.4 is 4.74 Å². The van der Waals surface area contributed by atoms with E-state index in [1.807, 2.05) is 35.8 Å². The van der Waals surface area contributed by atoms with Gasteiger partial charge in [-0.3, -0.25) is 9.78 Å². The Morgan fingerprint density at radius 1 is 1.15 bits per heavy atom. The summed E-state index contributed by atoms with van der Waals surface area (Å²) in [7, 11) is -2.09. The molecule has 4 rings (SSSR count). The second-order valence-corrected chi connectivity index (χ2v) is 10.2. The lowest BCUT2D eigenvalue weighted by Crippen LogP contribution is -2.19. The zero-order chi connectivity index (χ0) is 24.5. The average Bonchev–Trinajstić information content (AvgIpc) is 3.11. The molecule has 0 unspecified atom stereocenters. The lowest BCUT2D eigenvalue weighted by Gasteiger charge is -2.13. The molecule has 172 valence electrons. The van der Waals surface area contributed by atoms with Gasteiger partial charge in [0.1, 0.15) is 5.75 Å². The number of carbonyl (C=O) groups is 1. The third-order valence-corrected chi connectivity index (χ3v) is 6.21. The van der Waals surface area contributed by atoms with Gasteiger partial charge in [-0.05, 0) is 55.0 Å². The molecule has 0 aliphatic rings. The lowest BCUT2D eigenvalue weighted by atomic mass is 10.00. The first-order chi connectivity index (χ1) is 16.2. The topological polar surface area (TPSA) is 91.1 Å². The standard InChI is InChI=1S/C26H23N3O4S/c1-5-18-8-9-22-21(14-18)24(20-7-6-11-28-26(20)33-3)25(23(30)16-34(4,31)32)29(22)15-19-10-12-27-17(2)13-19/h1,6-14H,15-16H2,2-4H3. The van der Waals surface area contributed by atoms with Crippen LogP contribution in [0.25, 0.3) is 22.0 Å². The number of aryl methyl sites for hydroxylation is 1. The first kappa shape index (κ1) is 23.2. The summed E-state index contributed by atoms with van der Waals surface area (Å²) in [5.74, 6) is 1.81. The summed E-state index contributed by atoms with van der Waals surface area (Å²) in [5.41, 5.74) is 4.50. The molecule has 0 aliphatic carbocycles. The largest absolute Gasteiger partial charge is 0.481 e. The Labute approximate surface area is 198 Å². The highest BCUT2D eigenvalue weighted by Crippen LogP contribution is 2.40. The molecule has 34 heavy (non-hydrogen) atoms. The Kier molecular flexibility index (Phi) is 6.22. The number of ketones is 1. The van der Waals surface area contributed by atoms with Crippen LogP contribution in [0, 0.1) is 19.3 Å². The molecule has 8 heteroatoms. The van der Waals surface area contributed by atoms with Crippen molar-refractivity contribution in [3.63, 3.8) is 0 Å². The van der Waals surface area contributed by atoms with Crippen LogP contribution in [0.2, 0.25) is 0 Å². The fourth-order valence-corrected chi connectivity index (χ4v) is 4.72. The van der Waals surface area contributed by atoms with Gasteiger partial charge in [-0.1, -0.05) is 5.92 Å². The summed E-state index contributed by atoms with van der Waals surface area (Å²) >= 11 is 0. The highest BCUT2D eigenvalue weighted by atomic mass is 32.2. The van der Waals surface area contributed by atoms with Crippen LogP contribution in [0.3, 0.4) is 0 Å². The van der Waals surface area contributed by atoms with Crippen LogP contribution in [-0.2, 0) is 16.4 Å². The number of fused-ring (bicyclic) bond motifs is 1. The molecule has 0 radical (unpaired) electrons. The highest BCUT2D eigenvalue weighted by molar-refractivity contribution is 7.91. The molecule has 0 fully saturated rings. The third-order valence-electron chi connectivity index (χ3n) is 5.42. The van der Waals surface area contributed by atoms with E-state index >= 15 is 0 Å². The number of carbonyl (C=O) groups excluding carboxylic acids is 1. The van der Waals surface area contributed by atoms with Crippen molar-refractivity contribution in [3.8, 4) is 29.4 Å². The van der Waals surface area contributed by atoms with Crippen LogP contribution in [0.5, 0.6) is 5.88 Å². The molecule has 1 aromatic carbocycles. The highest BCUT2D eigenvalue weighted by Gasteiger charge is 2.28. The molecule has 0 saturated heterocycles. The number of Topliss-reactive ketones (excluding diaryl/α,β-unsaturated/α-hetero) is 1. The van der Waals surface area contributed by atoms with Crippen molar-refractivity contribution >= 4 is 26.5 Å². The molecule has 4 aromatic rings. The number of hydrogen-bond acceptors (Lipinski definition) is 6. The van der Waals surface area contributed by atoms with E-state index in [1.165, 1.54) is 7.11 Å². The number of nitrogens with zero attached hydrogens (tertiary/aromatic N) is 3. The number of benzene rings is 1. The summed E-state index contributed by atoms with van der Waals surface area (Å²) in [4.78, 5) is 22.1. The number of rotatable bonds is 7. The molecule has 0 atom stereocenters. The van der Waals surface area contributed by atoms with E-state index in [1.54, 1.807) is 30.6 Å². The van der Waals surface area contributed by atoms with Crippen molar-refractivity contribution in [1.82, 2.24) is 14.5 Å². The molecular weight excluding hydrogens is 450 g/mol. The number of pyridine rings is 2. The van der Waals surface area contributed by atoms with Crippen molar-refractivity contribution in [2.75, 3.05) is 19.1 Å². The summed E-state index contributed by atoms with van der Waals surface area (Å²) in [6.07, 6.45) is 10.0. The van der Waals surface area contributed by atoms with E-state index in [-0.39, 0.29) is 5.69 Å². The van der Waals surface area contributed by atoms with Crippen LogP contribution in [0.4, 0.5) is 0 Å². The Morgan fingerprint density at radius 3 is 2.62 bits per heavy atom. The second kappa shape index (κ2) is 9.12. The van der Waals surface area contributed by atoms with E-state index in [4.69, 9.17) is 11.2 Å². The Hall–Kier alpha value is -3.96. The molecule has 7 nitrogen and oxygen atoms in total. The summed E-state index contributed by atoms with van der Waals surface area (Å²) in [6, 6.07) is 12.8. The number of terminal acetylenes is 1. The minimum absolute atomic E-state index is 0.260. The molecule has 0 amide bonds. The Balaban J connectivity index is 2.11. The minimum Gasteiger partial charge on any atom is -0.481 e. The number of sulfone groups is 1. The number of aromatic nitrogens is 3. The zero-order valence-corrected chi connectivity index (χ0v) is 19.9. The summed E-state index contributed by atoms with van der Waals surface area (Å²) in [6.45, 7) is 2.22. The van der Waals surface area contributed by atoms with Crippen molar-refractivity contribution in [3.05, 3.63) is 77.4 Å². The number of ether oxygens (including phenoxy) is 1. The quantitative estimate of drug-likeness (QED) is 0.300. The van der Waals surface area contributed by atoms with Crippen molar-refractivity contribution < 1.29 is 17.9 Å². The van der Waals surface area contributed by atoms with Crippen molar-refractivity contribution in [1.29, 1.82) is 0 Å². The first-order valence-corrected chi connectivity index (χ1v) is 12.5. The van der Waals surface area contributed by atoms with Crippen LogP contribution >= 0.6 is 0 Å². The first-order valence-electron chi connectivity index (χ1n) is 10.5. The fourth-order valence-electron chi connectivity index (χ4n) is 4.11. The van der Waals surface area contributed by atoms with Crippen molar-refractivity contribution in [2.24, 2.45) is 0 Å². The maximum absolute atomic E-state index is 13.5. The van der Waals surface area contributed by atoms with Gasteiger partial charge in [-0.15, -0.1) is 6.42 Å². The van der Waals surface area contributed by atoms with Gasteiger partial charge < -0.3 is 9.30 Å². The molecule has 0 saturated carbocycles. The smallest absolute Gasteiger partial charge is 0.221 e. The monoisotopic (exact) mass is 473 g/mol. The Bertz CT molecular complexity index is 1560. The summed E-state index contributed by atoms with van der Waals surface area (Å²) < 4.78 is 31.5. The average molecular weight is 474 g/mol. The van der Waals surface area contributed by atoms with Gasteiger partial charge in [0.15, 0.2) is 15.6 Å². The van der Waals surface area contributed by atoms with Gasteiger partial charge in [0.05, 0.1) is 12.8 Å². The van der Waals surface area contributed by atoms with Crippen LogP contribution in [-0.4, -0.2) is 47.9 Å². The van der Waals surface area contributed by atoms with E-state index < -0.39 is 21.4 Å². The summed E-state index contributed by atoms with van der Waals surface area (Å²) in [5, 5.41) is 0.712. The maximum Gasteiger partial charge on any atom is 0.221 e. The number of methoxy groups -OCH3 is 1. The lowest BCUT2D eigenvalue weighted by molar-refractivity contribution is 0.101.